The Morgan fingerprint density at radius 1 is 1.17 bits per heavy atom. The molecule has 0 bridgehead atoms. The van der Waals surface area contributed by atoms with Gasteiger partial charge in [0.05, 0.1) is 29.0 Å². The van der Waals surface area contributed by atoms with Crippen LogP contribution in [0, 0.1) is 10.1 Å². The molecule has 0 unspecified atom stereocenters. The normalized spacial score (nSPS) is 10.8. The van der Waals surface area contributed by atoms with Gasteiger partial charge in [0.1, 0.15) is 5.00 Å². The maximum absolute atomic E-state index is 13.4. The highest BCUT2D eigenvalue weighted by Crippen LogP contribution is 2.31. The maximum Gasteiger partial charge on any atom is 0.359 e. The van der Waals surface area contributed by atoms with Crippen LogP contribution in [0.5, 0.6) is 0 Å². The van der Waals surface area contributed by atoms with Crippen LogP contribution in [0.25, 0.3) is 16.5 Å². The fourth-order valence-electron chi connectivity index (χ4n) is 3.34. The first-order valence-electron chi connectivity index (χ1n) is 10.3. The minimum Gasteiger partial charge on any atom is -0.461 e. The summed E-state index contributed by atoms with van der Waals surface area (Å²) in [4.78, 5) is 49.0. The van der Waals surface area contributed by atoms with Gasteiger partial charge in [-0.25, -0.2) is 4.79 Å². The van der Waals surface area contributed by atoms with Crippen LogP contribution in [0.3, 0.4) is 0 Å². The third kappa shape index (κ3) is 5.05. The summed E-state index contributed by atoms with van der Waals surface area (Å²) in [7, 11) is 0. The molecule has 0 atom stereocenters. The Morgan fingerprint density at radius 3 is 2.49 bits per heavy atom. The Morgan fingerprint density at radius 2 is 1.86 bits per heavy atom. The molecule has 0 aliphatic rings. The zero-order valence-electron chi connectivity index (χ0n) is 18.2. The predicted molar refractivity (Wildman–Crippen MR) is 132 cm³/mol. The average molecular weight is 513 g/mol. The molecular weight excluding hydrogens is 496 g/mol. The van der Waals surface area contributed by atoms with Crippen LogP contribution in [-0.4, -0.2) is 33.2 Å². The predicted octanol–water partition coefficient (Wildman–Crippen LogP) is 4.37. The molecule has 0 aliphatic carbocycles. The molecule has 0 spiro atoms. The van der Waals surface area contributed by atoms with Gasteiger partial charge in [-0.1, -0.05) is 23.7 Å². The van der Waals surface area contributed by atoms with Gasteiger partial charge in [0.15, 0.2) is 5.69 Å². The van der Waals surface area contributed by atoms with Crippen molar-refractivity contribution in [2.75, 3.05) is 11.9 Å². The summed E-state index contributed by atoms with van der Waals surface area (Å²) >= 11 is 7.03. The second-order valence-corrected chi connectivity index (χ2v) is 8.58. The van der Waals surface area contributed by atoms with Crippen LogP contribution in [0.4, 0.5) is 10.7 Å². The monoisotopic (exact) mass is 512 g/mol. The first kappa shape index (κ1) is 24.0. The van der Waals surface area contributed by atoms with E-state index in [-0.39, 0.29) is 40.2 Å². The first-order chi connectivity index (χ1) is 16.8. The van der Waals surface area contributed by atoms with E-state index < -0.39 is 22.4 Å². The van der Waals surface area contributed by atoms with E-state index in [2.05, 4.69) is 10.4 Å². The molecular formula is C23H17ClN4O6S. The number of ether oxygens (including phenoxy) is 1. The lowest BCUT2D eigenvalue weighted by atomic mass is 10.1. The van der Waals surface area contributed by atoms with Gasteiger partial charge in [-0.15, -0.1) is 11.3 Å². The number of fused-ring (bicyclic) bond motifs is 1. The molecule has 2 aromatic carbocycles. The highest BCUT2D eigenvalue weighted by Gasteiger charge is 2.23. The molecule has 0 saturated heterocycles. The van der Waals surface area contributed by atoms with Gasteiger partial charge in [-0.05, 0) is 36.8 Å². The second-order valence-electron chi connectivity index (χ2n) is 7.26. The molecule has 12 heteroatoms. The van der Waals surface area contributed by atoms with Gasteiger partial charge >= 0.3 is 5.97 Å². The van der Waals surface area contributed by atoms with Crippen molar-refractivity contribution in [2.24, 2.45) is 0 Å². The number of aromatic nitrogens is 2. The van der Waals surface area contributed by atoms with Crippen molar-refractivity contribution in [3.05, 3.63) is 90.7 Å². The lowest BCUT2D eigenvalue weighted by molar-refractivity contribution is -0.384. The zero-order chi connectivity index (χ0) is 25.1. The lowest BCUT2D eigenvalue weighted by Crippen LogP contribution is -2.25. The van der Waals surface area contributed by atoms with Gasteiger partial charge in [0.2, 0.25) is 5.91 Å². The van der Waals surface area contributed by atoms with Crippen molar-refractivity contribution in [3.8, 4) is 5.69 Å². The minimum absolute atomic E-state index is 0.0662. The Labute approximate surface area is 206 Å². The molecule has 1 N–H and O–H groups in total. The molecule has 0 fully saturated rings. The third-order valence-electron chi connectivity index (χ3n) is 4.96. The van der Waals surface area contributed by atoms with E-state index in [0.717, 1.165) is 16.0 Å². The van der Waals surface area contributed by atoms with E-state index in [0.29, 0.717) is 16.3 Å². The fraction of sp³-hybridized carbons (Fsp3) is 0.130. The lowest BCUT2D eigenvalue weighted by Gasteiger charge is -2.10. The summed E-state index contributed by atoms with van der Waals surface area (Å²) in [6.45, 7) is 1.77. The largest absolute Gasteiger partial charge is 0.461 e. The van der Waals surface area contributed by atoms with E-state index in [4.69, 9.17) is 16.3 Å². The van der Waals surface area contributed by atoms with Crippen LogP contribution in [0.2, 0.25) is 5.02 Å². The number of nitro groups is 1. The highest BCUT2D eigenvalue weighted by molar-refractivity contribution is 7.16. The van der Waals surface area contributed by atoms with Crippen LogP contribution in [0.15, 0.2) is 58.7 Å². The van der Waals surface area contributed by atoms with Crippen LogP contribution >= 0.6 is 22.9 Å². The van der Waals surface area contributed by atoms with Gasteiger partial charge in [-0.2, -0.15) is 9.78 Å². The van der Waals surface area contributed by atoms with E-state index in [9.17, 15) is 24.5 Å². The molecule has 35 heavy (non-hydrogen) atoms. The molecule has 4 rings (SSSR count). The number of esters is 1. The van der Waals surface area contributed by atoms with Gasteiger partial charge in [0, 0.05) is 27.9 Å². The second kappa shape index (κ2) is 10.0. The molecule has 0 saturated carbocycles. The molecule has 10 nitrogen and oxygen atoms in total. The summed E-state index contributed by atoms with van der Waals surface area (Å²) in [5, 5.41) is 20.4. The third-order valence-corrected chi connectivity index (χ3v) is 6.10. The van der Waals surface area contributed by atoms with E-state index in [1.54, 1.807) is 36.6 Å². The van der Waals surface area contributed by atoms with Crippen LogP contribution < -0.4 is 10.9 Å². The van der Waals surface area contributed by atoms with Gasteiger partial charge < -0.3 is 10.1 Å². The smallest absolute Gasteiger partial charge is 0.359 e. The number of benzene rings is 2. The first-order valence-corrected chi connectivity index (χ1v) is 11.5. The number of nitro benzene ring substituents is 1. The molecule has 0 radical (unpaired) electrons. The van der Waals surface area contributed by atoms with Crippen LogP contribution in [0.1, 0.15) is 23.0 Å². The summed E-state index contributed by atoms with van der Waals surface area (Å²) in [6, 6.07) is 11.9. The number of halogens is 1. The quantitative estimate of drug-likeness (QED) is 0.221. The standard InChI is InChI=1S/C23H17ClN4O6S/c1-2-34-23(31)20-17-12-35-21(25-18(29)11-13-3-7-16(8-4-13)28(32)33)19(17)22(30)27(26-20)15-9-5-14(24)6-10-15/h3-10,12H,2,11H2,1H3,(H,25,29). The number of carbonyl (C=O) groups excluding carboxylic acids is 2. The van der Waals surface area contributed by atoms with Crippen LogP contribution in [-0.2, 0) is 16.0 Å². The topological polar surface area (TPSA) is 133 Å². The van der Waals surface area contributed by atoms with Crippen molar-refractivity contribution in [3.63, 3.8) is 0 Å². The number of amides is 1. The fourth-order valence-corrected chi connectivity index (χ4v) is 4.42. The number of hydrogen-bond acceptors (Lipinski definition) is 8. The number of nitrogens with zero attached hydrogens (tertiary/aromatic N) is 3. The Bertz CT molecular complexity index is 1500. The molecule has 2 aromatic heterocycles. The summed E-state index contributed by atoms with van der Waals surface area (Å²) < 4.78 is 6.17. The van der Waals surface area contributed by atoms with Crippen molar-refractivity contribution >= 4 is 56.3 Å². The number of hydrogen-bond donors (Lipinski definition) is 1. The Balaban J connectivity index is 1.73. The Kier molecular flexibility index (Phi) is 6.90. The number of thiophene rings is 1. The maximum atomic E-state index is 13.4. The molecule has 1 amide bonds. The van der Waals surface area contributed by atoms with E-state index in [1.807, 2.05) is 0 Å². The number of nitrogens with one attached hydrogen (secondary N) is 1. The number of anilines is 1. The summed E-state index contributed by atoms with van der Waals surface area (Å²) in [5.41, 5.74) is 0.244. The summed E-state index contributed by atoms with van der Waals surface area (Å²) in [6.07, 6.45) is -0.0709. The summed E-state index contributed by atoms with van der Waals surface area (Å²) in [5.74, 6) is -1.14. The van der Waals surface area contributed by atoms with E-state index >= 15 is 0 Å². The molecule has 178 valence electrons. The molecule has 0 aliphatic heterocycles. The van der Waals surface area contributed by atoms with Crippen molar-refractivity contribution in [2.45, 2.75) is 13.3 Å². The van der Waals surface area contributed by atoms with Crippen molar-refractivity contribution < 1.29 is 19.2 Å². The van der Waals surface area contributed by atoms with Crippen molar-refractivity contribution in [1.29, 1.82) is 0 Å². The Hall–Kier alpha value is -4.09. The number of non-ortho nitro benzene ring substituents is 1. The van der Waals surface area contributed by atoms with E-state index in [1.165, 1.54) is 24.3 Å². The minimum atomic E-state index is -0.707. The highest BCUT2D eigenvalue weighted by atomic mass is 35.5. The number of carbonyl (C=O) groups is 2. The SMILES string of the molecule is CCOC(=O)c1nn(-c2ccc(Cl)cc2)c(=O)c2c(NC(=O)Cc3ccc([N+](=O)[O-])cc3)scc12. The zero-order valence-corrected chi connectivity index (χ0v) is 19.8. The van der Waals surface area contributed by atoms with Gasteiger partial charge in [-0.3, -0.25) is 19.7 Å². The van der Waals surface area contributed by atoms with Gasteiger partial charge in [0.25, 0.3) is 11.2 Å². The molecule has 4 aromatic rings. The average Bonchev–Trinajstić information content (AvgIpc) is 3.24. The van der Waals surface area contributed by atoms with Crippen molar-refractivity contribution in [1.82, 2.24) is 9.78 Å². The number of rotatable bonds is 7. The molecule has 2 heterocycles.